The highest BCUT2D eigenvalue weighted by Crippen LogP contribution is 2.41. The second-order valence-electron chi connectivity index (χ2n) is 12.7. The third-order valence-corrected chi connectivity index (χ3v) is 9.76. The van der Waals surface area contributed by atoms with E-state index >= 15 is 0 Å². The Morgan fingerprint density at radius 3 is 1.59 bits per heavy atom. The molecule has 2 heterocycles. The predicted molar refractivity (Wildman–Crippen MR) is 209 cm³/mol. The highest BCUT2D eigenvalue weighted by Gasteiger charge is 2.20. The Bertz CT molecular complexity index is 2910. The van der Waals surface area contributed by atoms with Gasteiger partial charge in [-0.1, -0.05) is 170 Å². The lowest BCUT2D eigenvalue weighted by molar-refractivity contribution is 0.670. The van der Waals surface area contributed by atoms with E-state index in [1.54, 1.807) is 0 Å². The maximum atomic E-state index is 6.60. The highest BCUT2D eigenvalue weighted by atomic mass is 16.3. The van der Waals surface area contributed by atoms with Crippen LogP contribution in [0.25, 0.3) is 99.9 Å². The van der Waals surface area contributed by atoms with Gasteiger partial charge in [0, 0.05) is 33.0 Å². The van der Waals surface area contributed by atoms with Crippen molar-refractivity contribution in [3.8, 4) is 56.4 Å². The molecule has 0 atom stereocenters. The molecule has 0 spiro atoms. The lowest BCUT2D eigenvalue weighted by Gasteiger charge is -2.14. The smallest absolute Gasteiger partial charge is 0.164 e. The fraction of sp³-hybridized carbons (Fsp3) is 0. The molecule has 0 fully saturated rings. The fourth-order valence-corrected chi connectivity index (χ4v) is 7.41. The topological polar surface area (TPSA) is 51.8 Å². The number of aromatic nitrogens is 3. The van der Waals surface area contributed by atoms with E-state index in [0.717, 1.165) is 60.5 Å². The molecule has 0 aliphatic rings. The third-order valence-electron chi connectivity index (χ3n) is 9.76. The lowest BCUT2D eigenvalue weighted by atomic mass is 9.92. The Balaban J connectivity index is 1.21. The van der Waals surface area contributed by atoms with E-state index in [1.807, 2.05) is 48.5 Å². The van der Waals surface area contributed by atoms with Gasteiger partial charge in [-0.25, -0.2) is 15.0 Å². The van der Waals surface area contributed by atoms with E-state index in [4.69, 9.17) is 19.4 Å². The number of furan rings is 1. The number of benzene rings is 8. The molecule has 238 valence electrons. The number of para-hydroxylation sites is 1. The molecule has 4 heteroatoms. The molecule has 0 saturated carbocycles. The molecule has 0 unspecified atom stereocenters. The van der Waals surface area contributed by atoms with Crippen LogP contribution in [0.4, 0.5) is 0 Å². The predicted octanol–water partition coefficient (Wildman–Crippen LogP) is 12.4. The van der Waals surface area contributed by atoms with Gasteiger partial charge in [0.05, 0.1) is 0 Å². The van der Waals surface area contributed by atoms with Crippen molar-refractivity contribution in [2.45, 2.75) is 0 Å². The molecule has 0 N–H and O–H groups in total. The van der Waals surface area contributed by atoms with Gasteiger partial charge in [0.1, 0.15) is 11.2 Å². The first-order valence-corrected chi connectivity index (χ1v) is 17.1. The molecule has 4 nitrogen and oxygen atoms in total. The van der Waals surface area contributed by atoms with E-state index in [9.17, 15) is 0 Å². The summed E-state index contributed by atoms with van der Waals surface area (Å²) in [6.45, 7) is 0. The molecule has 10 rings (SSSR count). The summed E-state index contributed by atoms with van der Waals surface area (Å²) in [5.74, 6) is 1.83. The van der Waals surface area contributed by atoms with Gasteiger partial charge < -0.3 is 4.42 Å². The zero-order chi connectivity index (χ0) is 33.7. The second-order valence-corrected chi connectivity index (χ2v) is 12.7. The number of hydrogen-bond donors (Lipinski definition) is 0. The SMILES string of the molecule is c1ccc(-c2nc(-c3cccc4c(-c5cccc6ccccc56)cccc34)nc(-c3cccc4oc5c(-c6ccccc6)cccc5c34)n2)cc1. The summed E-state index contributed by atoms with van der Waals surface area (Å²) in [6, 6.07) is 60.9. The van der Waals surface area contributed by atoms with E-state index in [-0.39, 0.29) is 0 Å². The molecule has 0 amide bonds. The van der Waals surface area contributed by atoms with Crippen LogP contribution in [0.1, 0.15) is 0 Å². The Hall–Kier alpha value is -6.91. The number of rotatable bonds is 5. The third kappa shape index (κ3) is 4.88. The molecule has 0 bridgehead atoms. The van der Waals surface area contributed by atoms with Crippen LogP contribution in [-0.4, -0.2) is 15.0 Å². The van der Waals surface area contributed by atoms with E-state index < -0.39 is 0 Å². The van der Waals surface area contributed by atoms with Gasteiger partial charge in [0.25, 0.3) is 0 Å². The monoisotopic (exact) mass is 651 g/mol. The van der Waals surface area contributed by atoms with Crippen LogP contribution in [0.15, 0.2) is 180 Å². The standard InChI is InChI=1S/C47H29N3O/c1-3-14-31(15-4-1)34-21-10-27-40-43-41(28-13-29-42(43)51-44(34)40)47-49-45(32-17-5-2-6-18-32)48-46(50-47)39-26-12-24-37-36(23-11-25-38(37)39)35-22-9-19-30-16-7-8-20-33(30)35/h1-29H. The summed E-state index contributed by atoms with van der Waals surface area (Å²) in [5, 5.41) is 6.68. The molecule has 8 aromatic carbocycles. The average Bonchev–Trinajstić information content (AvgIpc) is 3.60. The van der Waals surface area contributed by atoms with Gasteiger partial charge in [0.15, 0.2) is 17.5 Å². The summed E-state index contributed by atoms with van der Waals surface area (Å²) in [4.78, 5) is 15.5. The number of fused-ring (bicyclic) bond motifs is 5. The first-order chi connectivity index (χ1) is 25.3. The summed E-state index contributed by atoms with van der Waals surface area (Å²) >= 11 is 0. The molecule has 0 aliphatic carbocycles. The molecule has 10 aromatic rings. The maximum absolute atomic E-state index is 6.60. The quantitative estimate of drug-likeness (QED) is 0.186. The average molecular weight is 652 g/mol. The normalized spacial score (nSPS) is 11.5. The highest BCUT2D eigenvalue weighted by molar-refractivity contribution is 6.15. The van der Waals surface area contributed by atoms with Gasteiger partial charge in [-0.2, -0.15) is 0 Å². The minimum absolute atomic E-state index is 0.597. The molecule has 0 saturated heterocycles. The zero-order valence-corrected chi connectivity index (χ0v) is 27.5. The largest absolute Gasteiger partial charge is 0.455 e. The van der Waals surface area contributed by atoms with Crippen molar-refractivity contribution in [1.82, 2.24) is 15.0 Å². The van der Waals surface area contributed by atoms with Crippen LogP contribution in [-0.2, 0) is 0 Å². The summed E-state index contributed by atoms with van der Waals surface area (Å²) in [6.07, 6.45) is 0. The van der Waals surface area contributed by atoms with Crippen LogP contribution in [0.3, 0.4) is 0 Å². The first kappa shape index (κ1) is 29.0. The summed E-state index contributed by atoms with van der Waals surface area (Å²) in [5.41, 5.74) is 8.94. The minimum atomic E-state index is 0.597. The Kier molecular flexibility index (Phi) is 6.78. The van der Waals surface area contributed by atoms with Gasteiger partial charge in [-0.3, -0.25) is 0 Å². The molecular weight excluding hydrogens is 623 g/mol. The van der Waals surface area contributed by atoms with Crippen LogP contribution in [0.5, 0.6) is 0 Å². The number of nitrogens with zero attached hydrogens (tertiary/aromatic N) is 3. The molecule has 51 heavy (non-hydrogen) atoms. The Morgan fingerprint density at radius 1 is 0.314 bits per heavy atom. The lowest BCUT2D eigenvalue weighted by Crippen LogP contribution is -2.01. The van der Waals surface area contributed by atoms with E-state index in [2.05, 4.69) is 127 Å². The molecule has 2 aromatic heterocycles. The van der Waals surface area contributed by atoms with Crippen LogP contribution in [0.2, 0.25) is 0 Å². The molecular formula is C47H29N3O. The zero-order valence-electron chi connectivity index (χ0n) is 27.5. The maximum Gasteiger partial charge on any atom is 0.164 e. The van der Waals surface area contributed by atoms with Crippen molar-refractivity contribution in [3.05, 3.63) is 176 Å². The first-order valence-electron chi connectivity index (χ1n) is 17.1. The van der Waals surface area contributed by atoms with Crippen molar-refractivity contribution >= 4 is 43.5 Å². The molecule has 0 radical (unpaired) electrons. The second kappa shape index (κ2) is 11.9. The number of hydrogen-bond acceptors (Lipinski definition) is 4. The van der Waals surface area contributed by atoms with Crippen LogP contribution >= 0.6 is 0 Å². The van der Waals surface area contributed by atoms with Crippen molar-refractivity contribution in [2.24, 2.45) is 0 Å². The van der Waals surface area contributed by atoms with Gasteiger partial charge in [0.2, 0.25) is 0 Å². The molecule has 0 aliphatic heterocycles. The van der Waals surface area contributed by atoms with Gasteiger partial charge >= 0.3 is 0 Å². The van der Waals surface area contributed by atoms with Crippen molar-refractivity contribution in [3.63, 3.8) is 0 Å². The Labute approximate surface area is 294 Å². The van der Waals surface area contributed by atoms with Crippen LogP contribution < -0.4 is 0 Å². The van der Waals surface area contributed by atoms with Gasteiger partial charge in [-0.15, -0.1) is 0 Å². The van der Waals surface area contributed by atoms with Crippen molar-refractivity contribution < 1.29 is 4.42 Å². The van der Waals surface area contributed by atoms with Crippen molar-refractivity contribution in [1.29, 1.82) is 0 Å². The van der Waals surface area contributed by atoms with Gasteiger partial charge in [-0.05, 0) is 44.3 Å². The van der Waals surface area contributed by atoms with E-state index in [1.165, 1.54) is 21.9 Å². The summed E-state index contributed by atoms with van der Waals surface area (Å²) < 4.78 is 6.60. The minimum Gasteiger partial charge on any atom is -0.455 e. The summed E-state index contributed by atoms with van der Waals surface area (Å²) in [7, 11) is 0. The van der Waals surface area contributed by atoms with Crippen molar-refractivity contribution in [2.75, 3.05) is 0 Å². The Morgan fingerprint density at radius 2 is 0.804 bits per heavy atom. The van der Waals surface area contributed by atoms with E-state index in [0.29, 0.717) is 17.5 Å². The van der Waals surface area contributed by atoms with Crippen LogP contribution in [0, 0.1) is 0 Å². The fourth-order valence-electron chi connectivity index (χ4n) is 7.41.